The fraction of sp³-hybridized carbons (Fsp3) is 0.370. The minimum absolute atomic E-state index is 0.0878. The molecular formula is C27H31F3N5+. The summed E-state index contributed by atoms with van der Waals surface area (Å²) in [7, 11) is 3.41. The first-order valence-electron chi connectivity index (χ1n) is 12.0. The van der Waals surface area contributed by atoms with Crippen LogP contribution in [0.3, 0.4) is 0 Å². The van der Waals surface area contributed by atoms with Crippen molar-refractivity contribution in [3.63, 3.8) is 0 Å². The Morgan fingerprint density at radius 2 is 1.69 bits per heavy atom. The van der Waals surface area contributed by atoms with Crippen molar-refractivity contribution in [1.29, 1.82) is 0 Å². The van der Waals surface area contributed by atoms with Crippen LogP contribution < -0.4 is 14.8 Å². The zero-order valence-electron chi connectivity index (χ0n) is 20.4. The van der Waals surface area contributed by atoms with Crippen molar-refractivity contribution in [3.8, 4) is 11.1 Å². The predicted molar refractivity (Wildman–Crippen MR) is 133 cm³/mol. The summed E-state index contributed by atoms with van der Waals surface area (Å²) in [5, 5.41) is 0. The van der Waals surface area contributed by atoms with E-state index in [1.54, 1.807) is 31.3 Å². The average Bonchev–Trinajstić information content (AvgIpc) is 2.84. The molecule has 1 aliphatic rings. The standard InChI is InChI=1S/C27H30F3N5/c1-4-18-15-32-27(33-16-18)35-9-7-19(8-10-35)17-34(3)26-24(29)12-21(13-25(26)30)22-6-5-20(14-31-2)11-23(22)28/h5-6,11-16,19H,4,7-10,17H2,1-3H3/p+1. The van der Waals surface area contributed by atoms with Crippen molar-refractivity contribution in [1.82, 2.24) is 9.97 Å². The van der Waals surface area contributed by atoms with Crippen LogP contribution in [0.2, 0.25) is 0 Å². The quantitative estimate of drug-likeness (QED) is 0.523. The molecule has 0 radical (unpaired) electrons. The van der Waals surface area contributed by atoms with Crippen molar-refractivity contribution in [3.05, 3.63) is 71.3 Å². The lowest BCUT2D eigenvalue weighted by atomic mass is 9.96. The fourth-order valence-corrected chi connectivity index (χ4v) is 4.60. The number of nitrogens with one attached hydrogen (secondary N) is 1. The molecule has 0 saturated carbocycles. The van der Waals surface area contributed by atoms with Gasteiger partial charge in [0.15, 0.2) is 6.21 Å². The van der Waals surface area contributed by atoms with Gasteiger partial charge in [-0.1, -0.05) is 13.0 Å². The van der Waals surface area contributed by atoms with Crippen molar-refractivity contribution in [2.24, 2.45) is 5.92 Å². The Labute approximate surface area is 204 Å². The van der Waals surface area contributed by atoms with E-state index in [4.69, 9.17) is 0 Å². The van der Waals surface area contributed by atoms with Crippen LogP contribution in [0.4, 0.5) is 24.8 Å². The molecule has 0 unspecified atom stereocenters. The van der Waals surface area contributed by atoms with Crippen LogP contribution >= 0.6 is 0 Å². The van der Waals surface area contributed by atoms with Gasteiger partial charge < -0.3 is 9.80 Å². The van der Waals surface area contributed by atoms with Gasteiger partial charge in [0.25, 0.3) is 0 Å². The summed E-state index contributed by atoms with van der Waals surface area (Å²) in [5.74, 6) is -0.915. The molecule has 0 aliphatic carbocycles. The number of aryl methyl sites for hydroxylation is 1. The lowest BCUT2D eigenvalue weighted by Gasteiger charge is -2.34. The van der Waals surface area contributed by atoms with E-state index in [0.29, 0.717) is 12.1 Å². The van der Waals surface area contributed by atoms with Crippen molar-refractivity contribution in [2.45, 2.75) is 26.2 Å². The van der Waals surface area contributed by atoms with Gasteiger partial charge in [-0.2, -0.15) is 0 Å². The summed E-state index contributed by atoms with van der Waals surface area (Å²) in [6.45, 7) is 4.20. The highest BCUT2D eigenvalue weighted by Gasteiger charge is 2.24. The van der Waals surface area contributed by atoms with Gasteiger partial charge >= 0.3 is 0 Å². The van der Waals surface area contributed by atoms with Crippen molar-refractivity contribution >= 4 is 17.9 Å². The SMILES string of the molecule is CCc1cnc(N2CCC(CN(C)c3c(F)cc(-c4ccc(C=[NH+]C)cc4F)cc3F)CC2)nc1. The van der Waals surface area contributed by atoms with E-state index in [0.717, 1.165) is 43.9 Å². The third-order valence-corrected chi connectivity index (χ3v) is 6.54. The lowest BCUT2D eigenvalue weighted by Crippen LogP contribution is -2.63. The Morgan fingerprint density at radius 1 is 1.03 bits per heavy atom. The first-order chi connectivity index (χ1) is 16.9. The Morgan fingerprint density at radius 3 is 2.26 bits per heavy atom. The van der Waals surface area contributed by atoms with Crippen LogP contribution in [0.1, 0.15) is 30.9 Å². The fourth-order valence-electron chi connectivity index (χ4n) is 4.60. The second-order valence-electron chi connectivity index (χ2n) is 9.02. The average molecular weight is 483 g/mol. The molecule has 1 aliphatic heterocycles. The molecule has 8 heteroatoms. The predicted octanol–water partition coefficient (Wildman–Crippen LogP) is 3.61. The molecule has 3 aromatic rings. The molecule has 5 nitrogen and oxygen atoms in total. The Balaban J connectivity index is 1.42. The molecule has 1 aromatic heterocycles. The van der Waals surface area contributed by atoms with Crippen LogP contribution in [-0.4, -0.2) is 49.9 Å². The summed E-state index contributed by atoms with van der Waals surface area (Å²) in [4.78, 5) is 15.5. The van der Waals surface area contributed by atoms with Gasteiger partial charge in [0.05, 0.1) is 0 Å². The smallest absolute Gasteiger partial charge is 0.225 e. The van der Waals surface area contributed by atoms with Crippen molar-refractivity contribution < 1.29 is 18.2 Å². The number of benzene rings is 2. The van der Waals surface area contributed by atoms with Crippen LogP contribution in [0.25, 0.3) is 11.1 Å². The van der Waals surface area contributed by atoms with E-state index in [9.17, 15) is 4.39 Å². The van der Waals surface area contributed by atoms with E-state index < -0.39 is 17.5 Å². The highest BCUT2D eigenvalue weighted by atomic mass is 19.1. The maximum absolute atomic E-state index is 15.0. The van der Waals surface area contributed by atoms with Gasteiger partial charge in [-0.15, -0.1) is 0 Å². The number of halogens is 3. The topological polar surface area (TPSA) is 46.2 Å². The van der Waals surface area contributed by atoms with E-state index >= 15 is 8.78 Å². The van der Waals surface area contributed by atoms with Crippen LogP contribution in [0, 0.1) is 23.4 Å². The molecule has 4 rings (SSSR count). The first-order valence-corrected chi connectivity index (χ1v) is 12.0. The van der Waals surface area contributed by atoms with E-state index in [2.05, 4.69) is 26.8 Å². The first kappa shape index (κ1) is 24.7. The Bertz CT molecular complexity index is 1160. The van der Waals surface area contributed by atoms with Gasteiger partial charge in [-0.3, -0.25) is 4.99 Å². The van der Waals surface area contributed by atoms with Gasteiger partial charge in [0.2, 0.25) is 5.95 Å². The molecule has 0 spiro atoms. The molecule has 1 saturated heterocycles. The summed E-state index contributed by atoms with van der Waals surface area (Å²) < 4.78 is 44.6. The minimum atomic E-state index is -0.699. The molecule has 35 heavy (non-hydrogen) atoms. The van der Waals surface area contributed by atoms with Gasteiger partial charge in [0, 0.05) is 50.2 Å². The van der Waals surface area contributed by atoms with Crippen LogP contribution in [0.5, 0.6) is 0 Å². The lowest BCUT2D eigenvalue weighted by molar-refractivity contribution is -0.413. The summed E-state index contributed by atoms with van der Waals surface area (Å²) in [6.07, 6.45) is 8.03. The number of piperidine rings is 1. The van der Waals surface area contributed by atoms with Crippen LogP contribution in [-0.2, 0) is 6.42 Å². The highest BCUT2D eigenvalue weighted by Crippen LogP contribution is 2.32. The molecule has 2 heterocycles. The Kier molecular flexibility index (Phi) is 7.68. The number of anilines is 2. The molecular weight excluding hydrogens is 451 g/mol. The minimum Gasteiger partial charge on any atom is -0.370 e. The maximum atomic E-state index is 15.0. The van der Waals surface area contributed by atoms with E-state index in [1.165, 1.54) is 24.3 Å². The second kappa shape index (κ2) is 10.9. The monoisotopic (exact) mass is 482 g/mol. The highest BCUT2D eigenvalue weighted by molar-refractivity contribution is 5.77. The largest absolute Gasteiger partial charge is 0.370 e. The maximum Gasteiger partial charge on any atom is 0.225 e. The van der Waals surface area contributed by atoms with E-state index in [-0.39, 0.29) is 22.7 Å². The van der Waals surface area contributed by atoms with E-state index in [1.807, 2.05) is 12.4 Å². The van der Waals surface area contributed by atoms with Crippen molar-refractivity contribution in [2.75, 3.05) is 43.5 Å². The summed E-state index contributed by atoms with van der Waals surface area (Å²) in [6, 6.07) is 6.96. The summed E-state index contributed by atoms with van der Waals surface area (Å²) in [5.41, 5.74) is 1.99. The second-order valence-corrected chi connectivity index (χ2v) is 9.02. The third-order valence-electron chi connectivity index (χ3n) is 6.54. The summed E-state index contributed by atoms with van der Waals surface area (Å²) >= 11 is 0. The zero-order chi connectivity index (χ0) is 24.9. The third kappa shape index (κ3) is 5.63. The van der Waals surface area contributed by atoms with Gasteiger partial charge in [0.1, 0.15) is 30.2 Å². The molecule has 2 aromatic carbocycles. The molecule has 0 bridgehead atoms. The number of rotatable bonds is 7. The number of aromatic nitrogens is 2. The molecule has 1 N–H and O–H groups in total. The Hall–Kier alpha value is -3.42. The number of hydrogen-bond acceptors (Lipinski definition) is 4. The molecule has 0 atom stereocenters. The molecule has 184 valence electrons. The zero-order valence-corrected chi connectivity index (χ0v) is 20.4. The molecule has 1 fully saturated rings. The number of hydrogen-bond donors (Lipinski definition) is 1. The number of nitrogens with zero attached hydrogens (tertiary/aromatic N) is 4. The molecule has 0 amide bonds. The van der Waals surface area contributed by atoms with Gasteiger partial charge in [-0.25, -0.2) is 23.1 Å². The van der Waals surface area contributed by atoms with Crippen LogP contribution in [0.15, 0.2) is 42.7 Å². The van der Waals surface area contributed by atoms with Gasteiger partial charge in [-0.05, 0) is 60.6 Å². The normalized spacial score (nSPS) is 14.6.